The maximum absolute atomic E-state index is 12.8. The number of aliphatic imine (C=N–C) groups is 1. The number of hydrogen-bond acceptors (Lipinski definition) is 7. The van der Waals surface area contributed by atoms with Crippen molar-refractivity contribution in [3.63, 3.8) is 0 Å². The van der Waals surface area contributed by atoms with Gasteiger partial charge in [0.25, 0.3) is 5.82 Å². The first kappa shape index (κ1) is 24.3. The smallest absolute Gasteiger partial charge is 0.269 e. The lowest BCUT2D eigenvalue weighted by atomic mass is 10.1. The maximum atomic E-state index is 12.8. The molecule has 0 aliphatic carbocycles. The largest absolute Gasteiger partial charge is 0.361 e. The molecule has 1 aliphatic heterocycles. The zero-order valence-corrected chi connectivity index (χ0v) is 21.8. The molecular weight excluding hydrogens is 486 g/mol. The van der Waals surface area contributed by atoms with Gasteiger partial charge in [-0.15, -0.1) is 4.98 Å². The van der Waals surface area contributed by atoms with Crippen LogP contribution < -0.4 is 5.32 Å². The second-order valence-electron chi connectivity index (χ2n) is 9.13. The Morgan fingerprint density at radius 3 is 2.59 bits per heavy atom. The molecule has 5 rings (SSSR count). The molecule has 0 bridgehead atoms. The lowest BCUT2D eigenvalue weighted by molar-refractivity contribution is 0.602. The van der Waals surface area contributed by atoms with Crippen LogP contribution in [0.4, 0.5) is 22.9 Å². The van der Waals surface area contributed by atoms with Gasteiger partial charge in [0.2, 0.25) is 0 Å². The van der Waals surface area contributed by atoms with Crippen LogP contribution in [0.3, 0.4) is 0 Å². The van der Waals surface area contributed by atoms with Gasteiger partial charge in [-0.1, -0.05) is 18.7 Å². The van der Waals surface area contributed by atoms with Gasteiger partial charge >= 0.3 is 0 Å². The number of fused-ring (bicyclic) bond motifs is 1. The summed E-state index contributed by atoms with van der Waals surface area (Å²) in [5.74, 6) is 0.331. The van der Waals surface area contributed by atoms with E-state index in [1.165, 1.54) is 6.26 Å². The van der Waals surface area contributed by atoms with Crippen LogP contribution in [0.15, 0.2) is 58.5 Å². The number of sulfone groups is 1. The highest BCUT2D eigenvalue weighted by Gasteiger charge is 2.22. The van der Waals surface area contributed by atoms with Gasteiger partial charge < -0.3 is 10.2 Å². The number of anilines is 2. The fraction of sp³-hybridized carbons (Fsp3) is 0.222. The number of benzene rings is 1. The van der Waals surface area contributed by atoms with Gasteiger partial charge in [0, 0.05) is 36.7 Å². The summed E-state index contributed by atoms with van der Waals surface area (Å²) in [6.07, 6.45) is 3.99. The highest BCUT2D eigenvalue weighted by molar-refractivity contribution is 7.90. The summed E-state index contributed by atoms with van der Waals surface area (Å²) in [6, 6.07) is 12.5. The summed E-state index contributed by atoms with van der Waals surface area (Å²) in [6.45, 7) is 11.1. The third-order valence-electron chi connectivity index (χ3n) is 6.31. The summed E-state index contributed by atoms with van der Waals surface area (Å²) in [7, 11) is -1.71. The normalized spacial score (nSPS) is 12.7. The molecule has 0 radical (unpaired) electrons. The Morgan fingerprint density at radius 2 is 1.89 bits per heavy atom. The molecule has 0 atom stereocenters. The first-order valence-corrected chi connectivity index (χ1v) is 13.5. The van der Waals surface area contributed by atoms with Crippen molar-refractivity contribution in [2.24, 2.45) is 12.0 Å². The summed E-state index contributed by atoms with van der Waals surface area (Å²) in [5, 5.41) is 7.62. The number of aromatic nitrogens is 4. The van der Waals surface area contributed by atoms with Gasteiger partial charge in [-0.05, 0) is 49.7 Å². The van der Waals surface area contributed by atoms with Crippen LogP contribution in [0.1, 0.15) is 29.7 Å². The molecule has 0 saturated heterocycles. The highest BCUT2D eigenvalue weighted by Crippen LogP contribution is 2.39. The predicted molar refractivity (Wildman–Crippen MR) is 144 cm³/mol. The molecular formula is C27H25N7O2S. The van der Waals surface area contributed by atoms with Gasteiger partial charge in [0.15, 0.2) is 9.84 Å². The molecule has 0 amide bonds. The zero-order valence-electron chi connectivity index (χ0n) is 20.9. The van der Waals surface area contributed by atoms with E-state index >= 15 is 0 Å². The number of pyridine rings is 2. The quantitative estimate of drug-likeness (QED) is 0.360. The molecule has 1 N–H and O–H groups in total. The van der Waals surface area contributed by atoms with E-state index in [1.54, 1.807) is 35.1 Å². The van der Waals surface area contributed by atoms with Crippen molar-refractivity contribution < 1.29 is 8.42 Å². The Morgan fingerprint density at radius 1 is 1.08 bits per heavy atom. The van der Waals surface area contributed by atoms with Crippen molar-refractivity contribution in [2.45, 2.75) is 31.6 Å². The Labute approximate surface area is 215 Å². The van der Waals surface area contributed by atoms with Crippen LogP contribution in [0.5, 0.6) is 0 Å². The van der Waals surface area contributed by atoms with Crippen molar-refractivity contribution >= 4 is 38.4 Å². The van der Waals surface area contributed by atoms with Gasteiger partial charge in [0.1, 0.15) is 11.4 Å². The van der Waals surface area contributed by atoms with Crippen molar-refractivity contribution in [3.8, 4) is 11.1 Å². The summed E-state index contributed by atoms with van der Waals surface area (Å²) < 4.78 is 27.4. The Bertz CT molecular complexity index is 1730. The monoisotopic (exact) mass is 511 g/mol. The van der Waals surface area contributed by atoms with Crippen LogP contribution in [-0.2, 0) is 29.7 Å². The van der Waals surface area contributed by atoms with E-state index in [0.717, 1.165) is 39.6 Å². The average Bonchev–Trinajstić information content (AvgIpc) is 3.40. The fourth-order valence-electron chi connectivity index (χ4n) is 4.40. The Kier molecular flexibility index (Phi) is 6.09. The molecule has 0 unspecified atom stereocenters. The maximum Gasteiger partial charge on any atom is 0.269 e. The van der Waals surface area contributed by atoms with Crippen LogP contribution >= 0.6 is 0 Å². The minimum atomic E-state index is -3.56. The highest BCUT2D eigenvalue weighted by atomic mass is 32.2. The molecule has 0 spiro atoms. The molecule has 1 aromatic carbocycles. The third kappa shape index (κ3) is 4.86. The summed E-state index contributed by atoms with van der Waals surface area (Å²) >= 11 is 0. The molecule has 186 valence electrons. The van der Waals surface area contributed by atoms with E-state index in [2.05, 4.69) is 25.2 Å². The minimum Gasteiger partial charge on any atom is -0.361 e. The minimum absolute atomic E-state index is 0.186. The van der Waals surface area contributed by atoms with Crippen molar-refractivity contribution in [2.75, 3.05) is 11.6 Å². The number of aryl methyl sites for hydroxylation is 1. The predicted octanol–water partition coefficient (Wildman–Crippen LogP) is 5.12. The van der Waals surface area contributed by atoms with Crippen molar-refractivity contribution in [3.05, 3.63) is 82.9 Å². The lowest BCUT2D eigenvalue weighted by Gasteiger charge is -2.15. The first-order valence-electron chi connectivity index (χ1n) is 11.6. The van der Waals surface area contributed by atoms with E-state index in [-0.39, 0.29) is 4.90 Å². The van der Waals surface area contributed by atoms with Crippen LogP contribution in [-0.4, -0.2) is 40.1 Å². The van der Waals surface area contributed by atoms with E-state index < -0.39 is 9.84 Å². The van der Waals surface area contributed by atoms with Gasteiger partial charge in [-0.2, -0.15) is 5.10 Å². The second kappa shape index (κ2) is 9.26. The topological polar surface area (TPSA) is 106 Å². The molecule has 9 nitrogen and oxygen atoms in total. The Balaban J connectivity index is 1.57. The SMILES string of the molecule is [C-]#[N+]c1cccc(Cc2cc(Nc3ccc(-c4cnn(C)c4C)cc3S(C)(=O)=O)c3c(n2)CC(C)=N3)n1. The summed E-state index contributed by atoms with van der Waals surface area (Å²) in [5.41, 5.74) is 7.67. The third-order valence-corrected chi connectivity index (χ3v) is 7.45. The van der Waals surface area contributed by atoms with Crippen molar-refractivity contribution in [1.82, 2.24) is 19.7 Å². The number of rotatable bonds is 6. The molecule has 0 saturated carbocycles. The number of nitrogens with zero attached hydrogens (tertiary/aromatic N) is 6. The molecule has 10 heteroatoms. The lowest BCUT2D eigenvalue weighted by Crippen LogP contribution is -2.05. The van der Waals surface area contributed by atoms with E-state index in [9.17, 15) is 8.42 Å². The standard InChI is InChI=1S/C27H25N7O2S/c1-16-11-23-27(30-16)24(14-20(31-23)13-19-7-6-8-26(28-3)32-19)33-22-10-9-18(12-25(22)37(5,35)36)21-15-29-34(4)17(21)2/h6-10,12,14-15H,11,13H2,1-2,4-5H3,(H,31,33). The van der Waals surface area contributed by atoms with E-state index in [4.69, 9.17) is 11.6 Å². The Hall–Kier alpha value is -4.36. The number of hydrogen-bond donors (Lipinski definition) is 1. The van der Waals surface area contributed by atoms with Crippen LogP contribution in [0, 0.1) is 13.5 Å². The fourth-order valence-corrected chi connectivity index (χ4v) is 5.26. The zero-order chi connectivity index (χ0) is 26.3. The van der Waals surface area contributed by atoms with Gasteiger partial charge in [-0.25, -0.2) is 8.42 Å². The number of nitrogens with one attached hydrogen (secondary N) is 1. The molecule has 0 fully saturated rings. The molecule has 1 aliphatic rings. The second-order valence-corrected chi connectivity index (χ2v) is 11.1. The van der Waals surface area contributed by atoms with Gasteiger partial charge in [-0.3, -0.25) is 14.7 Å². The summed E-state index contributed by atoms with van der Waals surface area (Å²) in [4.78, 5) is 17.4. The van der Waals surface area contributed by atoms with Crippen molar-refractivity contribution in [1.29, 1.82) is 0 Å². The molecule has 4 heterocycles. The van der Waals surface area contributed by atoms with Gasteiger partial charge in [0.05, 0.1) is 40.3 Å². The van der Waals surface area contributed by atoms with Crippen LogP contribution in [0.25, 0.3) is 16.0 Å². The van der Waals surface area contributed by atoms with E-state index in [0.29, 0.717) is 35.7 Å². The molecule has 37 heavy (non-hydrogen) atoms. The molecule has 3 aromatic heterocycles. The van der Waals surface area contributed by atoms with Crippen LogP contribution in [0.2, 0.25) is 0 Å². The average molecular weight is 512 g/mol. The van der Waals surface area contributed by atoms with E-state index in [1.807, 2.05) is 39.1 Å². The first-order chi connectivity index (χ1) is 17.6. The molecule has 4 aromatic rings.